The largest absolute Gasteiger partial charge is 0.491 e. The summed E-state index contributed by atoms with van der Waals surface area (Å²) in [6, 6.07) is 6.09. The minimum absolute atomic E-state index is 0.284. The molecule has 1 atom stereocenters. The molecule has 1 aliphatic rings. The molecule has 1 fully saturated rings. The summed E-state index contributed by atoms with van der Waals surface area (Å²) in [6.45, 7) is 7.23. The molecule has 1 saturated heterocycles. The Morgan fingerprint density at radius 1 is 1.19 bits per heavy atom. The number of piperidine rings is 1. The highest BCUT2D eigenvalue weighted by molar-refractivity contribution is 5.32. The first-order valence-electron chi connectivity index (χ1n) is 7.79. The van der Waals surface area contributed by atoms with Gasteiger partial charge in [0.1, 0.15) is 18.5 Å². The molecule has 21 heavy (non-hydrogen) atoms. The van der Waals surface area contributed by atoms with Crippen LogP contribution in [0.15, 0.2) is 18.2 Å². The predicted octanol–water partition coefficient (Wildman–Crippen LogP) is 1.75. The molecule has 0 saturated carbocycles. The Morgan fingerprint density at radius 2 is 1.81 bits per heavy atom. The second kappa shape index (κ2) is 7.78. The molecule has 0 radical (unpaired) electrons. The van der Waals surface area contributed by atoms with Gasteiger partial charge >= 0.3 is 0 Å². The van der Waals surface area contributed by atoms with Crippen molar-refractivity contribution in [1.82, 2.24) is 4.90 Å². The van der Waals surface area contributed by atoms with Crippen molar-refractivity contribution in [3.05, 3.63) is 29.3 Å². The van der Waals surface area contributed by atoms with E-state index < -0.39 is 6.10 Å². The van der Waals surface area contributed by atoms with E-state index in [0.29, 0.717) is 19.1 Å². The molecule has 4 nitrogen and oxygen atoms in total. The van der Waals surface area contributed by atoms with Gasteiger partial charge in [0, 0.05) is 13.2 Å². The molecule has 1 aromatic carbocycles. The lowest BCUT2D eigenvalue weighted by Gasteiger charge is -2.32. The van der Waals surface area contributed by atoms with Gasteiger partial charge in [-0.25, -0.2) is 0 Å². The monoisotopic (exact) mass is 293 g/mol. The number of benzene rings is 1. The fraction of sp³-hybridized carbons (Fsp3) is 0.647. The molecular formula is C17H27NO3. The number of hydrogen-bond acceptors (Lipinski definition) is 4. The SMILES string of the molecule is Cc1cc(C)cc(OCC(O)CN2CCC(CO)CC2)c1. The smallest absolute Gasteiger partial charge is 0.119 e. The van der Waals surface area contributed by atoms with Gasteiger partial charge in [0.2, 0.25) is 0 Å². The zero-order valence-corrected chi connectivity index (χ0v) is 13.1. The highest BCUT2D eigenvalue weighted by atomic mass is 16.5. The van der Waals surface area contributed by atoms with Gasteiger partial charge in [0.25, 0.3) is 0 Å². The van der Waals surface area contributed by atoms with Crippen LogP contribution >= 0.6 is 0 Å². The highest BCUT2D eigenvalue weighted by Crippen LogP contribution is 2.18. The topological polar surface area (TPSA) is 52.9 Å². The summed E-state index contributed by atoms with van der Waals surface area (Å²) >= 11 is 0. The van der Waals surface area contributed by atoms with E-state index in [0.717, 1.165) is 31.7 Å². The summed E-state index contributed by atoms with van der Waals surface area (Å²) < 4.78 is 5.70. The number of likely N-dealkylation sites (tertiary alicyclic amines) is 1. The van der Waals surface area contributed by atoms with E-state index in [2.05, 4.69) is 11.0 Å². The number of aliphatic hydroxyl groups excluding tert-OH is 2. The molecule has 1 aromatic rings. The molecule has 0 aromatic heterocycles. The second-order valence-corrected chi connectivity index (χ2v) is 6.21. The molecule has 0 aliphatic carbocycles. The molecule has 1 unspecified atom stereocenters. The van der Waals surface area contributed by atoms with Crippen LogP contribution < -0.4 is 4.74 Å². The van der Waals surface area contributed by atoms with E-state index in [-0.39, 0.29) is 6.61 Å². The molecule has 0 spiro atoms. The maximum absolute atomic E-state index is 10.1. The molecule has 2 rings (SSSR count). The Hall–Kier alpha value is -1.10. The van der Waals surface area contributed by atoms with Crippen LogP contribution in [0.5, 0.6) is 5.75 Å². The van der Waals surface area contributed by atoms with Crippen LogP contribution in [-0.4, -0.2) is 54.1 Å². The van der Waals surface area contributed by atoms with Crippen LogP contribution in [0.4, 0.5) is 0 Å². The lowest BCUT2D eigenvalue weighted by Crippen LogP contribution is -2.41. The summed E-state index contributed by atoms with van der Waals surface area (Å²) in [7, 11) is 0. The van der Waals surface area contributed by atoms with Gasteiger partial charge in [0.05, 0.1) is 0 Å². The van der Waals surface area contributed by atoms with Gasteiger partial charge in [-0.05, 0) is 69.0 Å². The van der Waals surface area contributed by atoms with E-state index in [1.807, 2.05) is 26.0 Å². The Bertz CT molecular complexity index is 421. The van der Waals surface area contributed by atoms with Crippen molar-refractivity contribution in [2.75, 3.05) is 32.8 Å². The van der Waals surface area contributed by atoms with Crippen molar-refractivity contribution >= 4 is 0 Å². The lowest BCUT2D eigenvalue weighted by molar-refractivity contribution is 0.0488. The number of nitrogens with zero attached hydrogens (tertiary/aromatic N) is 1. The number of ether oxygens (including phenoxy) is 1. The Kier molecular flexibility index (Phi) is 6.03. The summed E-state index contributed by atoms with van der Waals surface area (Å²) in [5, 5.41) is 19.2. The van der Waals surface area contributed by atoms with Gasteiger partial charge in [0.15, 0.2) is 0 Å². The number of rotatable bonds is 6. The maximum Gasteiger partial charge on any atom is 0.119 e. The molecule has 0 bridgehead atoms. The van der Waals surface area contributed by atoms with Crippen molar-refractivity contribution in [1.29, 1.82) is 0 Å². The molecule has 0 amide bonds. The summed E-state index contributed by atoms with van der Waals surface area (Å²) in [4.78, 5) is 2.25. The average molecular weight is 293 g/mol. The Balaban J connectivity index is 1.73. The zero-order chi connectivity index (χ0) is 15.2. The molecular weight excluding hydrogens is 266 g/mol. The lowest BCUT2D eigenvalue weighted by atomic mass is 9.98. The first kappa shape index (κ1) is 16.3. The van der Waals surface area contributed by atoms with Gasteiger partial charge in [-0.2, -0.15) is 0 Å². The average Bonchev–Trinajstić information content (AvgIpc) is 2.45. The number of β-amino-alcohol motifs (C(OH)–C–C–N with tert-alkyl or cyclic N) is 1. The first-order valence-corrected chi connectivity index (χ1v) is 7.79. The van der Waals surface area contributed by atoms with E-state index in [1.165, 1.54) is 11.1 Å². The predicted molar refractivity (Wildman–Crippen MR) is 83.7 cm³/mol. The van der Waals surface area contributed by atoms with Crippen molar-refractivity contribution < 1.29 is 14.9 Å². The Morgan fingerprint density at radius 3 is 2.38 bits per heavy atom. The van der Waals surface area contributed by atoms with E-state index in [9.17, 15) is 5.11 Å². The number of aryl methyl sites for hydroxylation is 2. The van der Waals surface area contributed by atoms with E-state index >= 15 is 0 Å². The maximum atomic E-state index is 10.1. The molecule has 118 valence electrons. The van der Waals surface area contributed by atoms with Crippen LogP contribution in [0.1, 0.15) is 24.0 Å². The summed E-state index contributed by atoms with van der Waals surface area (Å²) in [6.07, 6.45) is 1.55. The third-order valence-corrected chi connectivity index (χ3v) is 4.07. The van der Waals surface area contributed by atoms with Gasteiger partial charge in [-0.3, -0.25) is 0 Å². The quantitative estimate of drug-likeness (QED) is 0.839. The molecule has 1 heterocycles. The molecule has 1 aliphatic heterocycles. The third-order valence-electron chi connectivity index (χ3n) is 4.07. The van der Waals surface area contributed by atoms with E-state index in [1.54, 1.807) is 0 Å². The summed E-state index contributed by atoms with van der Waals surface area (Å²) in [5.41, 5.74) is 2.34. The molecule has 2 N–H and O–H groups in total. The van der Waals surface area contributed by atoms with Crippen LogP contribution in [0, 0.1) is 19.8 Å². The Labute approximate surface area is 127 Å². The van der Waals surface area contributed by atoms with Gasteiger partial charge < -0.3 is 19.8 Å². The van der Waals surface area contributed by atoms with Crippen molar-refractivity contribution in [3.8, 4) is 5.75 Å². The minimum atomic E-state index is -0.475. The normalized spacial score (nSPS) is 18.7. The molecule has 4 heteroatoms. The zero-order valence-electron chi connectivity index (χ0n) is 13.1. The fourth-order valence-corrected chi connectivity index (χ4v) is 2.91. The van der Waals surface area contributed by atoms with Crippen molar-refractivity contribution in [3.63, 3.8) is 0 Å². The van der Waals surface area contributed by atoms with Crippen LogP contribution in [-0.2, 0) is 0 Å². The van der Waals surface area contributed by atoms with Gasteiger partial charge in [-0.1, -0.05) is 6.07 Å². The van der Waals surface area contributed by atoms with Crippen LogP contribution in [0.3, 0.4) is 0 Å². The van der Waals surface area contributed by atoms with Crippen molar-refractivity contribution in [2.24, 2.45) is 5.92 Å². The number of hydrogen-bond donors (Lipinski definition) is 2. The third kappa shape index (κ3) is 5.30. The highest BCUT2D eigenvalue weighted by Gasteiger charge is 2.20. The van der Waals surface area contributed by atoms with Crippen molar-refractivity contribution in [2.45, 2.75) is 32.8 Å². The number of aliphatic hydroxyl groups is 2. The first-order chi connectivity index (χ1) is 10.1. The second-order valence-electron chi connectivity index (χ2n) is 6.21. The van der Waals surface area contributed by atoms with Gasteiger partial charge in [-0.15, -0.1) is 0 Å². The minimum Gasteiger partial charge on any atom is -0.491 e. The van der Waals surface area contributed by atoms with Crippen LogP contribution in [0.25, 0.3) is 0 Å². The van der Waals surface area contributed by atoms with E-state index in [4.69, 9.17) is 9.84 Å². The summed E-state index contributed by atoms with van der Waals surface area (Å²) in [5.74, 6) is 1.26. The van der Waals surface area contributed by atoms with Crippen LogP contribution in [0.2, 0.25) is 0 Å². The standard InChI is InChI=1S/C17H27NO3/c1-13-7-14(2)9-17(8-13)21-12-16(20)10-18-5-3-15(11-19)4-6-18/h7-9,15-16,19-20H,3-6,10-12H2,1-2H3. The fourth-order valence-electron chi connectivity index (χ4n) is 2.91.